The van der Waals surface area contributed by atoms with Crippen molar-refractivity contribution in [2.24, 2.45) is 5.73 Å². The van der Waals surface area contributed by atoms with E-state index in [4.69, 9.17) is 5.73 Å². The summed E-state index contributed by atoms with van der Waals surface area (Å²) in [6, 6.07) is 4.45. The number of imide groups is 2. The maximum absolute atomic E-state index is 12.9. The summed E-state index contributed by atoms with van der Waals surface area (Å²) in [6.07, 6.45) is 0.0556. The highest BCUT2D eigenvalue weighted by Crippen LogP contribution is 2.36. The fourth-order valence-corrected chi connectivity index (χ4v) is 3.05. The fraction of sp³-hybridized carbons (Fsp3) is 0.312. The molecule has 0 bridgehead atoms. The highest BCUT2D eigenvalue weighted by molar-refractivity contribution is 6.26. The van der Waals surface area contributed by atoms with Gasteiger partial charge in [0, 0.05) is 6.42 Å². The molecule has 2 heterocycles. The molecule has 10 heteroatoms. The molecule has 2 aliphatic rings. The molecule has 1 unspecified atom stereocenters. The van der Waals surface area contributed by atoms with E-state index >= 15 is 0 Å². The molecule has 0 radical (unpaired) electrons. The molecule has 0 saturated carbocycles. The molecule has 1 atom stereocenters. The number of nitrogens with two attached hydrogens (primary N) is 1. The molecular weight excluding hydrogens is 364 g/mol. The number of nitrogens with zero attached hydrogens (tertiary/aromatic N) is 1. The van der Waals surface area contributed by atoms with Crippen LogP contribution in [0.3, 0.4) is 0 Å². The molecule has 1 aromatic carbocycles. The summed E-state index contributed by atoms with van der Waals surface area (Å²) < 4.78 is 0. The third kappa shape index (κ3) is 2.85. The number of anilines is 1. The maximum Gasteiger partial charge on any atom is 0.264 e. The molecule has 5 amide bonds. The predicted octanol–water partition coefficient (Wildman–Crippen LogP) is -0.203. The number of hydrogen-bond acceptors (Lipinski definition) is 6. The summed E-state index contributed by atoms with van der Waals surface area (Å²) in [5.41, 5.74) is 4.05. The minimum atomic E-state index is -1.48. The van der Waals surface area contributed by atoms with Gasteiger partial charge in [-0.25, -0.2) is 0 Å². The number of rotatable bonds is 3. The van der Waals surface area contributed by atoms with E-state index in [1.165, 1.54) is 25.1 Å². The van der Waals surface area contributed by atoms with Crippen molar-refractivity contribution in [1.82, 2.24) is 10.2 Å². The second-order valence-electron chi connectivity index (χ2n) is 6.08. The van der Waals surface area contributed by atoms with Crippen LogP contribution in [-0.2, 0) is 14.4 Å². The van der Waals surface area contributed by atoms with Crippen molar-refractivity contribution in [2.75, 3.05) is 11.9 Å². The number of nitrogens with one attached hydrogen (secondary N) is 2. The number of benzene rings is 1. The second-order valence-corrected chi connectivity index (χ2v) is 6.08. The number of fused-ring (bicyclic) bond motifs is 1. The van der Waals surface area contributed by atoms with Crippen molar-refractivity contribution < 1.29 is 24.0 Å². The Morgan fingerprint density at radius 2 is 1.96 bits per heavy atom. The average molecular weight is 381 g/mol. The van der Waals surface area contributed by atoms with Gasteiger partial charge < -0.3 is 11.1 Å². The first kappa shape index (κ1) is 19.5. The topological polar surface area (TPSA) is 139 Å². The molecule has 4 N–H and O–H groups in total. The molecule has 138 valence electrons. The van der Waals surface area contributed by atoms with E-state index in [1.807, 2.05) is 0 Å². The predicted molar refractivity (Wildman–Crippen MR) is 92.7 cm³/mol. The van der Waals surface area contributed by atoms with E-state index < -0.39 is 35.1 Å². The summed E-state index contributed by atoms with van der Waals surface area (Å²) in [6.45, 7) is 1.16. The SMILES string of the molecule is CC1(N2C(=O)c3cccc(NC(=O)CN)c3C2=O)CCC(=O)NC1=O.Cl. The Hall–Kier alpha value is -2.78. The Kier molecular flexibility index (Phi) is 5.15. The summed E-state index contributed by atoms with van der Waals surface area (Å²) in [4.78, 5) is 61.7. The lowest BCUT2D eigenvalue weighted by Crippen LogP contribution is -2.62. The normalized spacial score (nSPS) is 21.8. The molecule has 3 rings (SSSR count). The van der Waals surface area contributed by atoms with Crippen molar-refractivity contribution in [3.63, 3.8) is 0 Å². The van der Waals surface area contributed by atoms with Gasteiger partial charge in [0.05, 0.1) is 23.4 Å². The van der Waals surface area contributed by atoms with Gasteiger partial charge in [-0.15, -0.1) is 12.4 Å². The smallest absolute Gasteiger partial charge is 0.264 e. The first-order chi connectivity index (χ1) is 11.8. The van der Waals surface area contributed by atoms with Crippen LogP contribution < -0.4 is 16.4 Å². The number of piperidine rings is 1. The summed E-state index contributed by atoms with van der Waals surface area (Å²) in [5.74, 6) is -3.00. The van der Waals surface area contributed by atoms with Gasteiger partial charge in [0.25, 0.3) is 17.7 Å². The van der Waals surface area contributed by atoms with Crippen molar-refractivity contribution >= 4 is 47.6 Å². The molecule has 0 aliphatic carbocycles. The van der Waals surface area contributed by atoms with Gasteiger partial charge in [-0.1, -0.05) is 6.07 Å². The monoisotopic (exact) mass is 380 g/mol. The summed E-state index contributed by atoms with van der Waals surface area (Å²) in [7, 11) is 0. The minimum Gasteiger partial charge on any atom is -0.324 e. The quantitative estimate of drug-likeness (QED) is 0.620. The van der Waals surface area contributed by atoms with Crippen LogP contribution in [-0.4, -0.2) is 46.5 Å². The van der Waals surface area contributed by atoms with E-state index in [9.17, 15) is 24.0 Å². The van der Waals surface area contributed by atoms with Gasteiger partial charge in [-0.05, 0) is 25.5 Å². The van der Waals surface area contributed by atoms with Gasteiger partial charge in [-0.3, -0.25) is 34.2 Å². The number of hydrogen-bond donors (Lipinski definition) is 3. The molecule has 9 nitrogen and oxygen atoms in total. The molecule has 2 aliphatic heterocycles. The van der Waals surface area contributed by atoms with E-state index in [1.54, 1.807) is 0 Å². The molecule has 0 spiro atoms. The van der Waals surface area contributed by atoms with Crippen LogP contribution in [0.5, 0.6) is 0 Å². The Morgan fingerprint density at radius 3 is 2.58 bits per heavy atom. The van der Waals surface area contributed by atoms with E-state index in [0.29, 0.717) is 0 Å². The Labute approximate surface area is 154 Å². The Morgan fingerprint density at radius 1 is 1.27 bits per heavy atom. The summed E-state index contributed by atoms with van der Waals surface area (Å²) in [5, 5.41) is 4.64. The lowest BCUT2D eigenvalue weighted by molar-refractivity contribution is -0.141. The zero-order valence-electron chi connectivity index (χ0n) is 13.8. The standard InChI is InChI=1S/C16H16N4O5.ClH/c1-16(6-5-10(21)19-15(16)25)20-13(23)8-3-2-4-9(12(8)14(20)24)18-11(22)7-17;/h2-4H,5-7,17H2,1H3,(H,18,22)(H,19,21,25);1H. The van der Waals surface area contributed by atoms with Crippen LogP contribution in [0.2, 0.25) is 0 Å². The molecule has 26 heavy (non-hydrogen) atoms. The number of carbonyl (C=O) groups is 5. The van der Waals surface area contributed by atoms with Gasteiger partial charge in [0.2, 0.25) is 11.8 Å². The Balaban J connectivity index is 0.00000243. The average Bonchev–Trinajstić information content (AvgIpc) is 2.84. The highest BCUT2D eigenvalue weighted by atomic mass is 35.5. The number of amides is 5. The molecule has 1 aromatic rings. The largest absolute Gasteiger partial charge is 0.324 e. The second kappa shape index (κ2) is 6.85. The van der Waals surface area contributed by atoms with Crippen LogP contribution in [0.1, 0.15) is 40.5 Å². The van der Waals surface area contributed by atoms with E-state index in [0.717, 1.165) is 4.90 Å². The zero-order chi connectivity index (χ0) is 18.4. The van der Waals surface area contributed by atoms with Gasteiger partial charge in [-0.2, -0.15) is 0 Å². The first-order valence-electron chi connectivity index (χ1n) is 7.65. The van der Waals surface area contributed by atoms with Crippen molar-refractivity contribution in [1.29, 1.82) is 0 Å². The molecule has 1 fully saturated rings. The third-order valence-electron chi connectivity index (χ3n) is 4.45. The van der Waals surface area contributed by atoms with Gasteiger partial charge in [0.1, 0.15) is 5.54 Å². The highest BCUT2D eigenvalue weighted by Gasteiger charge is 2.53. The molecule has 1 saturated heterocycles. The number of halogens is 1. The van der Waals surface area contributed by atoms with Gasteiger partial charge in [0.15, 0.2) is 0 Å². The molecular formula is C16H17ClN4O5. The van der Waals surface area contributed by atoms with Crippen LogP contribution in [0.4, 0.5) is 5.69 Å². The van der Waals surface area contributed by atoms with E-state index in [2.05, 4.69) is 10.6 Å². The van der Waals surface area contributed by atoms with E-state index in [-0.39, 0.29) is 48.6 Å². The lowest BCUT2D eigenvalue weighted by atomic mass is 9.89. The molecule has 0 aromatic heterocycles. The third-order valence-corrected chi connectivity index (χ3v) is 4.45. The van der Waals surface area contributed by atoms with Crippen LogP contribution in [0.15, 0.2) is 18.2 Å². The maximum atomic E-state index is 12.9. The Bertz CT molecular complexity index is 840. The minimum absolute atomic E-state index is 0. The van der Waals surface area contributed by atoms with Crippen LogP contribution in [0, 0.1) is 0 Å². The van der Waals surface area contributed by atoms with Crippen molar-refractivity contribution in [2.45, 2.75) is 25.3 Å². The van der Waals surface area contributed by atoms with Gasteiger partial charge >= 0.3 is 0 Å². The van der Waals surface area contributed by atoms with Crippen LogP contribution >= 0.6 is 12.4 Å². The number of carbonyl (C=O) groups excluding carboxylic acids is 5. The van der Waals surface area contributed by atoms with Crippen molar-refractivity contribution in [3.05, 3.63) is 29.3 Å². The first-order valence-corrected chi connectivity index (χ1v) is 7.65. The fourth-order valence-electron chi connectivity index (χ4n) is 3.05. The van der Waals surface area contributed by atoms with Crippen molar-refractivity contribution in [3.8, 4) is 0 Å². The van der Waals surface area contributed by atoms with Crippen LogP contribution in [0.25, 0.3) is 0 Å². The summed E-state index contributed by atoms with van der Waals surface area (Å²) >= 11 is 0. The zero-order valence-corrected chi connectivity index (χ0v) is 14.6. The lowest BCUT2D eigenvalue weighted by Gasteiger charge is -2.38.